The van der Waals surface area contributed by atoms with Crippen LogP contribution in [0.2, 0.25) is 0 Å². The van der Waals surface area contributed by atoms with Crippen molar-refractivity contribution < 1.29 is 24.2 Å². The van der Waals surface area contributed by atoms with Crippen molar-refractivity contribution in [1.82, 2.24) is 19.9 Å². The van der Waals surface area contributed by atoms with Crippen LogP contribution in [0.25, 0.3) is 16.6 Å². The lowest BCUT2D eigenvalue weighted by molar-refractivity contribution is -0.133. The molecule has 32 heavy (non-hydrogen) atoms. The molecular formula is C22H22N4O5S. The van der Waals surface area contributed by atoms with E-state index in [9.17, 15) is 14.7 Å². The van der Waals surface area contributed by atoms with E-state index in [-0.39, 0.29) is 34.4 Å². The number of esters is 2. The summed E-state index contributed by atoms with van der Waals surface area (Å²) >= 11 is 1.12. The minimum absolute atomic E-state index is 0.0357. The number of fused-ring (bicyclic) bond motifs is 1. The fourth-order valence-corrected chi connectivity index (χ4v) is 4.22. The van der Waals surface area contributed by atoms with Crippen LogP contribution in [0.1, 0.15) is 46.5 Å². The molecule has 1 fully saturated rings. The number of methoxy groups -OCH3 is 2. The van der Waals surface area contributed by atoms with E-state index in [4.69, 9.17) is 9.47 Å². The highest BCUT2D eigenvalue weighted by Crippen LogP contribution is 2.39. The number of carbonyl (C=O) groups excluding carboxylic acids is 2. The number of aliphatic hydroxyl groups excluding tert-OH is 1. The molecule has 9 nitrogen and oxygen atoms in total. The quantitative estimate of drug-likeness (QED) is 0.181. The second-order valence-electron chi connectivity index (χ2n) is 7.32. The fourth-order valence-electron chi connectivity index (χ4n) is 3.27. The third-order valence-corrected chi connectivity index (χ3v) is 6.04. The number of hydrogen-bond acceptors (Lipinski definition) is 9. The van der Waals surface area contributed by atoms with E-state index in [0.717, 1.165) is 30.1 Å². The van der Waals surface area contributed by atoms with Crippen LogP contribution < -0.4 is 0 Å². The number of nitrogens with zero attached hydrogens (tertiary/aromatic N) is 3. The molecule has 0 atom stereocenters. The van der Waals surface area contributed by atoms with E-state index in [1.54, 1.807) is 13.0 Å². The van der Waals surface area contributed by atoms with Gasteiger partial charge in [-0.3, -0.25) is 0 Å². The molecule has 2 heterocycles. The fraction of sp³-hybridized carbons (Fsp3) is 0.318. The number of carbonyl (C=O) groups is 2. The van der Waals surface area contributed by atoms with Gasteiger partial charge in [0.05, 0.1) is 36.7 Å². The molecule has 1 aromatic carbocycles. The second-order valence-corrected chi connectivity index (χ2v) is 8.28. The van der Waals surface area contributed by atoms with Crippen LogP contribution >= 0.6 is 11.8 Å². The van der Waals surface area contributed by atoms with Gasteiger partial charge in [-0.05, 0) is 31.9 Å². The van der Waals surface area contributed by atoms with Crippen LogP contribution in [-0.4, -0.2) is 57.0 Å². The largest absolute Gasteiger partial charge is 0.510 e. The molecule has 0 saturated heterocycles. The minimum atomic E-state index is -0.729. The topological polar surface area (TPSA) is 127 Å². The van der Waals surface area contributed by atoms with E-state index in [2.05, 4.69) is 19.9 Å². The second kappa shape index (κ2) is 8.99. The Labute approximate surface area is 188 Å². The van der Waals surface area contributed by atoms with Crippen molar-refractivity contribution in [3.05, 3.63) is 52.9 Å². The summed E-state index contributed by atoms with van der Waals surface area (Å²) in [6.07, 6.45) is 2.01. The lowest BCUT2D eigenvalue weighted by Crippen LogP contribution is -2.12. The van der Waals surface area contributed by atoms with Crippen LogP contribution in [0.4, 0.5) is 0 Å². The number of ether oxygens (including phenoxy) is 2. The van der Waals surface area contributed by atoms with Gasteiger partial charge < -0.3 is 19.6 Å². The smallest absolute Gasteiger partial charge is 0.345 e. The van der Waals surface area contributed by atoms with Gasteiger partial charge in [0.25, 0.3) is 0 Å². The molecule has 166 valence electrons. The molecule has 0 unspecified atom stereocenters. The van der Waals surface area contributed by atoms with E-state index in [1.165, 1.54) is 14.2 Å². The first kappa shape index (κ1) is 21.8. The monoisotopic (exact) mass is 454 g/mol. The Hall–Kier alpha value is -3.40. The van der Waals surface area contributed by atoms with Crippen molar-refractivity contribution in [2.75, 3.05) is 20.0 Å². The number of thioether (sulfide) groups is 1. The molecule has 0 bridgehead atoms. The third-order valence-electron chi connectivity index (χ3n) is 5.06. The van der Waals surface area contributed by atoms with Crippen LogP contribution in [0, 0.1) is 6.92 Å². The van der Waals surface area contributed by atoms with Gasteiger partial charge in [-0.1, -0.05) is 23.9 Å². The maximum atomic E-state index is 12.5. The molecule has 10 heteroatoms. The van der Waals surface area contributed by atoms with Crippen molar-refractivity contribution in [2.45, 2.75) is 30.7 Å². The summed E-state index contributed by atoms with van der Waals surface area (Å²) < 4.78 is 9.76. The zero-order valence-electron chi connectivity index (χ0n) is 17.8. The summed E-state index contributed by atoms with van der Waals surface area (Å²) in [6, 6.07) is 7.28. The molecule has 0 radical (unpaired) electrons. The number of para-hydroxylation sites is 2. The standard InChI is InChI=1S/C22H22N4O5S/c1-11-16(21(28)30-2)20(26-18(23-11)12-8-9-12)32-10-15(27)17(22(29)31-3)19-24-13-6-4-5-7-14(13)25-19/h4-7,12,27H,8-10H2,1-3H3,(H,24,25). The molecule has 2 N–H and O–H groups in total. The summed E-state index contributed by atoms with van der Waals surface area (Å²) in [5.74, 6) is -0.417. The Morgan fingerprint density at radius 3 is 2.56 bits per heavy atom. The molecule has 0 spiro atoms. The van der Waals surface area contributed by atoms with Gasteiger partial charge in [-0.25, -0.2) is 24.5 Å². The Kier molecular flexibility index (Phi) is 6.13. The van der Waals surface area contributed by atoms with Crippen LogP contribution in [0.15, 0.2) is 35.1 Å². The first-order chi connectivity index (χ1) is 15.4. The van der Waals surface area contributed by atoms with Gasteiger partial charge in [0, 0.05) is 5.92 Å². The highest BCUT2D eigenvalue weighted by Gasteiger charge is 2.30. The molecule has 1 aliphatic rings. The SMILES string of the molecule is COC(=O)C(=C(O)CSc1nc(C2CC2)nc(C)c1C(=O)OC)c1nc2ccccc2[nH]1. The summed E-state index contributed by atoms with van der Waals surface area (Å²) in [4.78, 5) is 41.2. The van der Waals surface area contributed by atoms with Crippen molar-refractivity contribution in [3.63, 3.8) is 0 Å². The maximum absolute atomic E-state index is 12.5. The zero-order chi connectivity index (χ0) is 22.8. The van der Waals surface area contributed by atoms with Crippen molar-refractivity contribution in [2.24, 2.45) is 0 Å². The van der Waals surface area contributed by atoms with Crippen LogP contribution in [-0.2, 0) is 14.3 Å². The summed E-state index contributed by atoms with van der Waals surface area (Å²) in [5, 5.41) is 11.2. The summed E-state index contributed by atoms with van der Waals surface area (Å²) in [5.41, 5.74) is 2.06. The first-order valence-electron chi connectivity index (χ1n) is 9.98. The number of H-pyrrole nitrogens is 1. The lowest BCUT2D eigenvalue weighted by Gasteiger charge is -2.12. The van der Waals surface area contributed by atoms with Gasteiger partial charge in [-0.2, -0.15) is 0 Å². The summed E-state index contributed by atoms with van der Waals surface area (Å²) in [6.45, 7) is 1.73. The third kappa shape index (κ3) is 4.31. The maximum Gasteiger partial charge on any atom is 0.345 e. The number of hydrogen-bond donors (Lipinski definition) is 2. The van der Waals surface area contributed by atoms with E-state index in [0.29, 0.717) is 22.1 Å². The molecule has 1 saturated carbocycles. The number of rotatable bonds is 7. The predicted octanol–water partition coefficient (Wildman–Crippen LogP) is 3.56. The summed E-state index contributed by atoms with van der Waals surface area (Å²) in [7, 11) is 2.52. The molecular weight excluding hydrogens is 432 g/mol. The number of nitrogens with one attached hydrogen (secondary N) is 1. The van der Waals surface area contributed by atoms with E-state index in [1.807, 2.05) is 18.2 Å². The van der Waals surface area contributed by atoms with E-state index < -0.39 is 11.9 Å². The predicted molar refractivity (Wildman–Crippen MR) is 118 cm³/mol. The Morgan fingerprint density at radius 2 is 1.91 bits per heavy atom. The van der Waals surface area contributed by atoms with Gasteiger partial charge in [-0.15, -0.1) is 0 Å². The molecule has 2 aromatic heterocycles. The van der Waals surface area contributed by atoms with Gasteiger partial charge in [0.2, 0.25) is 0 Å². The van der Waals surface area contributed by atoms with Crippen LogP contribution in [0.3, 0.4) is 0 Å². The number of benzene rings is 1. The van der Waals surface area contributed by atoms with Crippen molar-refractivity contribution >= 4 is 40.3 Å². The highest BCUT2D eigenvalue weighted by atomic mass is 32.2. The molecule has 0 amide bonds. The van der Waals surface area contributed by atoms with Crippen molar-refractivity contribution in [3.8, 4) is 0 Å². The van der Waals surface area contributed by atoms with Gasteiger partial charge in [0.1, 0.15) is 33.6 Å². The molecule has 4 rings (SSSR count). The number of aliphatic hydroxyl groups is 1. The average molecular weight is 455 g/mol. The molecule has 0 aliphatic heterocycles. The average Bonchev–Trinajstić information content (AvgIpc) is 3.56. The Balaban J connectivity index is 1.70. The number of aromatic amines is 1. The van der Waals surface area contributed by atoms with E-state index >= 15 is 0 Å². The molecule has 3 aromatic rings. The zero-order valence-corrected chi connectivity index (χ0v) is 18.7. The van der Waals surface area contributed by atoms with Gasteiger partial charge in [0.15, 0.2) is 0 Å². The Bertz CT molecular complexity index is 1200. The van der Waals surface area contributed by atoms with Crippen LogP contribution in [0.5, 0.6) is 0 Å². The minimum Gasteiger partial charge on any atom is -0.510 e. The number of aryl methyl sites for hydroxylation is 1. The molecule has 1 aliphatic carbocycles. The number of aromatic nitrogens is 4. The lowest BCUT2D eigenvalue weighted by atomic mass is 10.2. The first-order valence-corrected chi connectivity index (χ1v) is 11.0. The van der Waals surface area contributed by atoms with Crippen molar-refractivity contribution in [1.29, 1.82) is 0 Å². The number of imidazole rings is 1. The normalized spacial score (nSPS) is 14.2. The highest BCUT2D eigenvalue weighted by molar-refractivity contribution is 7.99. The van der Waals surface area contributed by atoms with Gasteiger partial charge >= 0.3 is 11.9 Å². The Morgan fingerprint density at radius 1 is 1.16 bits per heavy atom.